The second-order valence-electron chi connectivity index (χ2n) is 4.46. The van der Waals surface area contributed by atoms with Gasteiger partial charge in [0.1, 0.15) is 5.76 Å². The minimum atomic E-state index is -0.157. The van der Waals surface area contributed by atoms with Gasteiger partial charge in [0, 0.05) is 17.8 Å². The summed E-state index contributed by atoms with van der Waals surface area (Å²) in [6, 6.07) is 10.6. The highest BCUT2D eigenvalue weighted by Gasteiger charge is 2.06. The number of carbonyl (C=O) groups is 1. The van der Waals surface area contributed by atoms with Gasteiger partial charge < -0.3 is 20.4 Å². The minimum Gasteiger partial charge on any atom is -0.467 e. The molecule has 22 heavy (non-hydrogen) atoms. The predicted molar refractivity (Wildman–Crippen MR) is 90.7 cm³/mol. The summed E-state index contributed by atoms with van der Waals surface area (Å²) in [4.78, 5) is 12.0. The molecule has 0 aliphatic rings. The average molecular weight is 315 g/mol. The van der Waals surface area contributed by atoms with Gasteiger partial charge in [-0.05, 0) is 48.6 Å². The van der Waals surface area contributed by atoms with E-state index in [1.54, 1.807) is 42.7 Å². The molecular weight excluding hydrogens is 298 g/mol. The van der Waals surface area contributed by atoms with Crippen molar-refractivity contribution in [3.8, 4) is 0 Å². The van der Waals surface area contributed by atoms with Crippen LogP contribution >= 0.6 is 12.2 Å². The van der Waals surface area contributed by atoms with Crippen molar-refractivity contribution in [1.82, 2.24) is 10.6 Å². The van der Waals surface area contributed by atoms with Crippen LogP contribution < -0.4 is 16.0 Å². The number of hydrogen-bond donors (Lipinski definition) is 3. The molecule has 0 radical (unpaired) electrons. The number of amides is 1. The Morgan fingerprint density at radius 1 is 1.23 bits per heavy atom. The normalized spacial score (nSPS) is 9.82. The lowest BCUT2D eigenvalue weighted by molar-refractivity contribution is 0.0948. The van der Waals surface area contributed by atoms with Gasteiger partial charge in [0.15, 0.2) is 5.11 Å². The van der Waals surface area contributed by atoms with Gasteiger partial charge in [-0.1, -0.05) is 6.08 Å². The fourth-order valence-corrected chi connectivity index (χ4v) is 1.93. The molecule has 2 rings (SSSR count). The topological polar surface area (TPSA) is 66.3 Å². The van der Waals surface area contributed by atoms with Crippen molar-refractivity contribution in [1.29, 1.82) is 0 Å². The first kappa shape index (κ1) is 15.8. The van der Waals surface area contributed by atoms with Crippen molar-refractivity contribution in [3.05, 3.63) is 66.6 Å². The molecule has 0 fully saturated rings. The van der Waals surface area contributed by atoms with E-state index in [9.17, 15) is 4.79 Å². The number of nitrogens with one attached hydrogen (secondary N) is 3. The average Bonchev–Trinajstić information content (AvgIpc) is 3.05. The van der Waals surface area contributed by atoms with E-state index in [1.807, 2.05) is 6.07 Å². The molecule has 6 heteroatoms. The van der Waals surface area contributed by atoms with Crippen LogP contribution in [-0.2, 0) is 6.54 Å². The number of hydrogen-bond acceptors (Lipinski definition) is 3. The number of benzene rings is 1. The van der Waals surface area contributed by atoms with Crippen molar-refractivity contribution >= 4 is 28.9 Å². The minimum absolute atomic E-state index is 0.157. The molecule has 114 valence electrons. The number of anilines is 1. The van der Waals surface area contributed by atoms with Crippen LogP contribution in [0.3, 0.4) is 0 Å². The quantitative estimate of drug-likeness (QED) is 0.565. The highest BCUT2D eigenvalue weighted by Crippen LogP contribution is 2.10. The molecule has 0 atom stereocenters. The zero-order valence-corrected chi connectivity index (χ0v) is 12.8. The highest BCUT2D eigenvalue weighted by molar-refractivity contribution is 7.80. The van der Waals surface area contributed by atoms with E-state index in [-0.39, 0.29) is 5.91 Å². The third-order valence-corrected chi connectivity index (χ3v) is 3.06. The summed E-state index contributed by atoms with van der Waals surface area (Å²) in [6.07, 6.45) is 3.30. The van der Waals surface area contributed by atoms with Crippen molar-refractivity contribution in [2.24, 2.45) is 0 Å². The Balaban J connectivity index is 1.86. The summed E-state index contributed by atoms with van der Waals surface area (Å²) in [5, 5.41) is 9.29. The zero-order chi connectivity index (χ0) is 15.8. The van der Waals surface area contributed by atoms with Crippen LogP contribution in [0, 0.1) is 0 Å². The zero-order valence-electron chi connectivity index (χ0n) is 12.0. The molecule has 2 aromatic rings. The van der Waals surface area contributed by atoms with Crippen LogP contribution in [0.1, 0.15) is 16.1 Å². The molecule has 5 nitrogen and oxygen atoms in total. The highest BCUT2D eigenvalue weighted by atomic mass is 32.1. The summed E-state index contributed by atoms with van der Waals surface area (Å²) in [6.45, 7) is 4.56. The summed E-state index contributed by atoms with van der Waals surface area (Å²) in [5.74, 6) is 0.556. The standard InChI is InChI=1S/C16H17N3O2S/c1-2-9-17-16(22)19-13-7-5-12(6-8-13)15(20)18-11-14-4-3-10-21-14/h2-8,10H,1,9,11H2,(H,18,20)(H2,17,19,22). The smallest absolute Gasteiger partial charge is 0.251 e. The van der Waals surface area contributed by atoms with E-state index >= 15 is 0 Å². The van der Waals surface area contributed by atoms with E-state index in [2.05, 4.69) is 22.5 Å². The van der Waals surface area contributed by atoms with E-state index in [1.165, 1.54) is 0 Å². The summed E-state index contributed by atoms with van der Waals surface area (Å²) >= 11 is 5.11. The molecule has 0 aliphatic heterocycles. The fraction of sp³-hybridized carbons (Fsp3) is 0.125. The molecule has 0 aliphatic carbocycles. The third-order valence-electron chi connectivity index (χ3n) is 2.82. The molecule has 1 heterocycles. The summed E-state index contributed by atoms with van der Waals surface area (Å²) < 4.78 is 5.16. The summed E-state index contributed by atoms with van der Waals surface area (Å²) in [7, 11) is 0. The van der Waals surface area contributed by atoms with E-state index in [0.717, 1.165) is 5.69 Å². The first-order valence-electron chi connectivity index (χ1n) is 6.75. The molecule has 3 N–H and O–H groups in total. The molecule has 1 aromatic heterocycles. The van der Waals surface area contributed by atoms with Gasteiger partial charge in [0.05, 0.1) is 12.8 Å². The van der Waals surface area contributed by atoms with Crippen molar-refractivity contribution in [2.45, 2.75) is 6.54 Å². The maximum Gasteiger partial charge on any atom is 0.251 e. The Bertz CT molecular complexity index is 636. The Morgan fingerprint density at radius 2 is 2.00 bits per heavy atom. The summed E-state index contributed by atoms with van der Waals surface area (Å²) in [5.41, 5.74) is 1.38. The Labute approximate surface area is 134 Å². The predicted octanol–water partition coefficient (Wildman–Crippen LogP) is 2.68. The largest absolute Gasteiger partial charge is 0.467 e. The van der Waals surface area contributed by atoms with Gasteiger partial charge in [-0.3, -0.25) is 4.79 Å². The van der Waals surface area contributed by atoms with Crippen molar-refractivity contribution < 1.29 is 9.21 Å². The fourth-order valence-electron chi connectivity index (χ4n) is 1.73. The van der Waals surface area contributed by atoms with E-state index < -0.39 is 0 Å². The molecule has 0 unspecified atom stereocenters. The van der Waals surface area contributed by atoms with Crippen molar-refractivity contribution in [2.75, 3.05) is 11.9 Å². The van der Waals surface area contributed by atoms with Crippen LogP contribution in [0.25, 0.3) is 0 Å². The van der Waals surface area contributed by atoms with Crippen LogP contribution in [0.4, 0.5) is 5.69 Å². The lowest BCUT2D eigenvalue weighted by atomic mass is 10.2. The number of carbonyl (C=O) groups excluding carboxylic acids is 1. The van der Waals surface area contributed by atoms with E-state index in [4.69, 9.17) is 16.6 Å². The molecule has 0 saturated carbocycles. The Kier molecular flexibility index (Phi) is 5.73. The maximum absolute atomic E-state index is 12.0. The SMILES string of the molecule is C=CCNC(=S)Nc1ccc(C(=O)NCc2ccco2)cc1. The third kappa shape index (κ3) is 4.75. The van der Waals surface area contributed by atoms with E-state index in [0.29, 0.717) is 29.5 Å². The van der Waals surface area contributed by atoms with Crippen LogP contribution in [0.5, 0.6) is 0 Å². The Hall–Kier alpha value is -2.60. The number of thiocarbonyl (C=S) groups is 1. The van der Waals surface area contributed by atoms with Gasteiger partial charge in [0.2, 0.25) is 0 Å². The van der Waals surface area contributed by atoms with Gasteiger partial charge in [-0.2, -0.15) is 0 Å². The van der Waals surface area contributed by atoms with Gasteiger partial charge in [-0.25, -0.2) is 0 Å². The lowest BCUT2D eigenvalue weighted by Crippen LogP contribution is -2.28. The van der Waals surface area contributed by atoms with Crippen LogP contribution in [-0.4, -0.2) is 17.6 Å². The molecule has 0 saturated heterocycles. The van der Waals surface area contributed by atoms with Crippen LogP contribution in [0.15, 0.2) is 59.7 Å². The van der Waals surface area contributed by atoms with Gasteiger partial charge in [-0.15, -0.1) is 6.58 Å². The Morgan fingerprint density at radius 3 is 2.64 bits per heavy atom. The molecule has 1 amide bonds. The number of rotatable bonds is 6. The molecule has 0 spiro atoms. The van der Waals surface area contributed by atoms with Gasteiger partial charge in [0.25, 0.3) is 5.91 Å². The number of furan rings is 1. The van der Waals surface area contributed by atoms with Crippen LogP contribution in [0.2, 0.25) is 0 Å². The monoisotopic (exact) mass is 315 g/mol. The lowest BCUT2D eigenvalue weighted by Gasteiger charge is -2.09. The first-order valence-corrected chi connectivity index (χ1v) is 7.16. The maximum atomic E-state index is 12.0. The second-order valence-corrected chi connectivity index (χ2v) is 4.87. The molecule has 0 bridgehead atoms. The van der Waals surface area contributed by atoms with Gasteiger partial charge >= 0.3 is 0 Å². The molecular formula is C16H17N3O2S. The molecule has 1 aromatic carbocycles. The van der Waals surface area contributed by atoms with Crippen molar-refractivity contribution in [3.63, 3.8) is 0 Å². The first-order chi connectivity index (χ1) is 10.7. The second kappa shape index (κ2) is 7.99.